The van der Waals surface area contributed by atoms with Crippen LogP contribution in [-0.2, 0) is 23.2 Å². The third-order valence-electron chi connectivity index (χ3n) is 4.53. The molecule has 0 radical (unpaired) electrons. The van der Waals surface area contributed by atoms with Gasteiger partial charge in [-0.05, 0) is 59.7 Å². The fourth-order valence-electron chi connectivity index (χ4n) is 2.88. The van der Waals surface area contributed by atoms with Gasteiger partial charge in [0.2, 0.25) is 10.0 Å². The zero-order valence-electron chi connectivity index (χ0n) is 18.9. The van der Waals surface area contributed by atoms with Crippen molar-refractivity contribution in [3.63, 3.8) is 0 Å². The maximum Gasteiger partial charge on any atom is 0.229 e. The molecule has 0 aliphatic heterocycles. The molecule has 0 amide bonds. The summed E-state index contributed by atoms with van der Waals surface area (Å²) in [6.07, 6.45) is 1.12. The van der Waals surface area contributed by atoms with Gasteiger partial charge in [-0.15, -0.1) is 0 Å². The molecule has 0 aromatic heterocycles. The van der Waals surface area contributed by atoms with Crippen LogP contribution >= 0.6 is 0 Å². The second-order valence-corrected chi connectivity index (χ2v) is 9.26. The lowest BCUT2D eigenvalue weighted by molar-refractivity contribution is 0.306. The average Bonchev–Trinajstić information content (AvgIpc) is 2.84. The van der Waals surface area contributed by atoms with Crippen LogP contribution in [0.15, 0.2) is 109 Å². The van der Waals surface area contributed by atoms with E-state index in [9.17, 15) is 8.42 Å². The van der Waals surface area contributed by atoms with Gasteiger partial charge in [-0.25, -0.2) is 8.42 Å². The van der Waals surface area contributed by atoms with Crippen molar-refractivity contribution >= 4 is 21.4 Å². The van der Waals surface area contributed by atoms with Gasteiger partial charge in [-0.1, -0.05) is 60.7 Å². The van der Waals surface area contributed by atoms with Crippen LogP contribution in [0.5, 0.6) is 11.5 Å². The van der Waals surface area contributed by atoms with Crippen molar-refractivity contribution in [2.45, 2.75) is 13.2 Å². The number of sulfonamides is 1. The lowest BCUT2D eigenvalue weighted by Gasteiger charge is -2.08. The van der Waals surface area contributed by atoms with Gasteiger partial charge in [0.1, 0.15) is 24.7 Å². The Labute approximate surface area is 201 Å². The molecule has 0 aliphatic rings. The standard InChI is InChI=1S/C14H15NO3S.C13H13NO/c1-19(16,17)15-13-7-9-14(10-8-13)18-11-12-5-3-2-4-6-12;14-12-6-8-13(9-7-12)15-10-11-4-2-1-3-5-11/h2-10,15H,11H2,1H3;1-9H,10,14H2. The largest absolute Gasteiger partial charge is 0.489 e. The Balaban J connectivity index is 0.000000196. The molecular weight excluding hydrogens is 448 g/mol. The molecule has 4 aromatic rings. The van der Waals surface area contributed by atoms with Crippen LogP contribution < -0.4 is 19.9 Å². The maximum absolute atomic E-state index is 11.1. The molecule has 0 atom stereocenters. The topological polar surface area (TPSA) is 90.7 Å². The van der Waals surface area contributed by atoms with Crippen LogP contribution in [0.1, 0.15) is 11.1 Å². The number of ether oxygens (including phenoxy) is 2. The zero-order valence-corrected chi connectivity index (χ0v) is 19.7. The lowest BCUT2D eigenvalue weighted by Crippen LogP contribution is -2.09. The number of nitrogens with one attached hydrogen (secondary N) is 1. The molecule has 4 aromatic carbocycles. The van der Waals surface area contributed by atoms with E-state index in [2.05, 4.69) is 4.72 Å². The number of nitrogens with two attached hydrogens (primary N) is 1. The fourth-order valence-corrected chi connectivity index (χ4v) is 3.44. The highest BCUT2D eigenvalue weighted by Gasteiger charge is 2.02. The predicted octanol–water partition coefficient (Wildman–Crippen LogP) is 5.48. The molecule has 176 valence electrons. The van der Waals surface area contributed by atoms with Crippen LogP contribution in [0.3, 0.4) is 0 Å². The van der Waals surface area contributed by atoms with Crippen molar-refractivity contribution < 1.29 is 17.9 Å². The van der Waals surface area contributed by atoms with Crippen molar-refractivity contribution in [1.82, 2.24) is 0 Å². The number of nitrogen functional groups attached to an aromatic ring is 1. The lowest BCUT2D eigenvalue weighted by atomic mass is 10.2. The van der Waals surface area contributed by atoms with E-state index in [4.69, 9.17) is 15.2 Å². The van der Waals surface area contributed by atoms with Crippen LogP contribution in [0.2, 0.25) is 0 Å². The molecule has 4 rings (SSSR count). The van der Waals surface area contributed by atoms with Gasteiger partial charge in [0.05, 0.1) is 6.26 Å². The Bertz CT molecular complexity index is 1230. The van der Waals surface area contributed by atoms with Gasteiger partial charge in [-0.3, -0.25) is 4.72 Å². The van der Waals surface area contributed by atoms with Gasteiger partial charge < -0.3 is 15.2 Å². The first-order chi connectivity index (χ1) is 16.4. The Hall–Kier alpha value is -3.97. The highest BCUT2D eigenvalue weighted by molar-refractivity contribution is 7.92. The third kappa shape index (κ3) is 9.26. The van der Waals surface area contributed by atoms with Gasteiger partial charge in [0.15, 0.2) is 0 Å². The molecule has 3 N–H and O–H groups in total. The summed E-state index contributed by atoms with van der Waals surface area (Å²) in [5.41, 5.74) is 9.10. The normalized spacial score (nSPS) is 10.5. The molecule has 6 nitrogen and oxygen atoms in total. The quantitative estimate of drug-likeness (QED) is 0.328. The number of anilines is 2. The van der Waals surface area contributed by atoms with Crippen LogP contribution in [0.4, 0.5) is 11.4 Å². The molecule has 0 spiro atoms. The summed E-state index contributed by atoms with van der Waals surface area (Å²) in [4.78, 5) is 0. The summed E-state index contributed by atoms with van der Waals surface area (Å²) in [6.45, 7) is 1.07. The molecule has 0 heterocycles. The Kier molecular flexibility index (Phi) is 8.94. The van der Waals surface area contributed by atoms with E-state index in [0.29, 0.717) is 24.7 Å². The van der Waals surface area contributed by atoms with Gasteiger partial charge in [-0.2, -0.15) is 0 Å². The third-order valence-corrected chi connectivity index (χ3v) is 5.14. The van der Waals surface area contributed by atoms with Gasteiger partial charge in [0.25, 0.3) is 0 Å². The smallest absolute Gasteiger partial charge is 0.229 e. The number of benzene rings is 4. The van der Waals surface area contributed by atoms with E-state index >= 15 is 0 Å². The zero-order chi connectivity index (χ0) is 24.2. The summed E-state index contributed by atoms with van der Waals surface area (Å²) >= 11 is 0. The summed E-state index contributed by atoms with van der Waals surface area (Å²) in [5, 5.41) is 0. The first kappa shape index (κ1) is 24.7. The highest BCUT2D eigenvalue weighted by atomic mass is 32.2. The Morgan fingerprint density at radius 1 is 0.647 bits per heavy atom. The van der Waals surface area contributed by atoms with E-state index in [-0.39, 0.29) is 0 Å². The SMILES string of the molecule is CS(=O)(=O)Nc1ccc(OCc2ccccc2)cc1.Nc1ccc(OCc2ccccc2)cc1. The first-order valence-corrected chi connectivity index (χ1v) is 12.5. The van der Waals surface area contributed by atoms with E-state index in [0.717, 1.165) is 28.8 Å². The molecular formula is C27H28N2O4S. The molecule has 0 saturated heterocycles. The molecule has 0 unspecified atom stereocenters. The molecule has 7 heteroatoms. The molecule has 0 aliphatic carbocycles. The van der Waals surface area contributed by atoms with Crippen LogP contribution in [0.25, 0.3) is 0 Å². The maximum atomic E-state index is 11.1. The molecule has 0 fully saturated rings. The van der Waals surface area contributed by atoms with Crippen molar-refractivity contribution in [1.29, 1.82) is 0 Å². The number of hydrogen-bond acceptors (Lipinski definition) is 5. The minimum absolute atomic E-state index is 0.486. The van der Waals surface area contributed by atoms with Gasteiger partial charge in [0, 0.05) is 11.4 Å². The minimum atomic E-state index is -3.24. The van der Waals surface area contributed by atoms with Crippen molar-refractivity contribution in [3.05, 3.63) is 120 Å². The van der Waals surface area contributed by atoms with Crippen LogP contribution in [-0.4, -0.2) is 14.7 Å². The molecule has 0 saturated carbocycles. The van der Waals surface area contributed by atoms with E-state index in [1.54, 1.807) is 24.3 Å². The molecule has 0 bridgehead atoms. The van der Waals surface area contributed by atoms with E-state index < -0.39 is 10.0 Å². The average molecular weight is 477 g/mol. The summed E-state index contributed by atoms with van der Waals surface area (Å²) in [7, 11) is -3.24. The second kappa shape index (κ2) is 12.3. The first-order valence-electron chi connectivity index (χ1n) is 10.6. The summed E-state index contributed by atoms with van der Waals surface area (Å²) in [6, 6.07) is 34.1. The van der Waals surface area contributed by atoms with E-state index in [1.165, 1.54) is 0 Å². The molecule has 34 heavy (non-hydrogen) atoms. The Morgan fingerprint density at radius 2 is 1.06 bits per heavy atom. The highest BCUT2D eigenvalue weighted by Crippen LogP contribution is 2.18. The number of rotatable bonds is 8. The summed E-state index contributed by atoms with van der Waals surface area (Å²) in [5.74, 6) is 1.54. The summed E-state index contributed by atoms with van der Waals surface area (Å²) < 4.78 is 35.7. The van der Waals surface area contributed by atoms with Crippen LogP contribution in [0, 0.1) is 0 Å². The van der Waals surface area contributed by atoms with Crippen molar-refractivity contribution in [2.24, 2.45) is 0 Å². The number of hydrogen-bond donors (Lipinski definition) is 2. The second-order valence-electron chi connectivity index (χ2n) is 7.52. The Morgan fingerprint density at radius 3 is 1.47 bits per heavy atom. The van der Waals surface area contributed by atoms with Crippen molar-refractivity contribution in [2.75, 3.05) is 16.7 Å². The van der Waals surface area contributed by atoms with Gasteiger partial charge >= 0.3 is 0 Å². The minimum Gasteiger partial charge on any atom is -0.489 e. The monoisotopic (exact) mass is 476 g/mol. The van der Waals surface area contributed by atoms with Crippen molar-refractivity contribution in [3.8, 4) is 11.5 Å². The van der Waals surface area contributed by atoms with E-state index in [1.807, 2.05) is 84.9 Å². The predicted molar refractivity (Wildman–Crippen MR) is 137 cm³/mol. The fraction of sp³-hybridized carbons (Fsp3) is 0.111.